The predicted molar refractivity (Wildman–Crippen MR) is 91.0 cm³/mol. The Morgan fingerprint density at radius 3 is 2.58 bits per heavy atom. The van der Waals surface area contributed by atoms with Gasteiger partial charge in [0.15, 0.2) is 17.5 Å². The second-order valence-corrected chi connectivity index (χ2v) is 5.15. The zero-order valence-electron chi connectivity index (χ0n) is 13.8. The van der Waals surface area contributed by atoms with Gasteiger partial charge in [0.25, 0.3) is 0 Å². The van der Waals surface area contributed by atoms with E-state index < -0.39 is 5.82 Å². The number of aliphatic imine (C=N–C) groups is 1. The van der Waals surface area contributed by atoms with Crippen LogP contribution in [0.3, 0.4) is 0 Å². The molecule has 2 rings (SSSR count). The number of nitrogens with zero attached hydrogens (tertiary/aromatic N) is 1. The van der Waals surface area contributed by atoms with Crippen LogP contribution in [-0.4, -0.2) is 19.6 Å². The summed E-state index contributed by atoms with van der Waals surface area (Å²) in [4.78, 5) is 4.41. The summed E-state index contributed by atoms with van der Waals surface area (Å²) in [5.41, 5.74) is 1.55. The number of rotatable bonds is 6. The maximum Gasteiger partial charge on any atom is 0.191 e. The van der Waals surface area contributed by atoms with Gasteiger partial charge in [-0.3, -0.25) is 0 Å². The van der Waals surface area contributed by atoms with E-state index in [9.17, 15) is 8.78 Å². The highest BCUT2D eigenvalue weighted by Gasteiger charge is 2.04. The molecule has 0 aliphatic rings. The van der Waals surface area contributed by atoms with E-state index in [1.54, 1.807) is 18.2 Å². The van der Waals surface area contributed by atoms with E-state index in [1.807, 2.05) is 13.0 Å². The predicted octanol–water partition coefficient (Wildman–Crippen LogP) is 3.23. The van der Waals surface area contributed by atoms with E-state index in [2.05, 4.69) is 15.6 Å². The summed E-state index contributed by atoms with van der Waals surface area (Å²) in [6.07, 6.45) is 0. The minimum absolute atomic E-state index is 0.213. The van der Waals surface area contributed by atoms with Crippen LogP contribution in [-0.2, 0) is 13.1 Å². The van der Waals surface area contributed by atoms with Gasteiger partial charge >= 0.3 is 0 Å². The molecule has 128 valence electrons. The molecule has 0 amide bonds. The Labute approximate surface area is 140 Å². The number of methoxy groups -OCH3 is 1. The van der Waals surface area contributed by atoms with Gasteiger partial charge in [0.05, 0.1) is 13.7 Å². The first-order chi connectivity index (χ1) is 11.6. The lowest BCUT2D eigenvalue weighted by molar-refractivity contribution is 0.386. The van der Waals surface area contributed by atoms with Gasteiger partial charge in [0.1, 0.15) is 5.82 Å². The highest BCUT2D eigenvalue weighted by atomic mass is 19.1. The second kappa shape index (κ2) is 8.86. The average Bonchev–Trinajstić information content (AvgIpc) is 2.57. The number of nitrogens with one attached hydrogen (secondary N) is 2. The zero-order chi connectivity index (χ0) is 17.4. The Kier molecular flexibility index (Phi) is 6.54. The number of hydrogen-bond donors (Lipinski definition) is 2. The molecule has 0 saturated carbocycles. The Morgan fingerprint density at radius 1 is 1.08 bits per heavy atom. The highest BCUT2D eigenvalue weighted by Crippen LogP contribution is 2.17. The molecule has 0 unspecified atom stereocenters. The lowest BCUT2D eigenvalue weighted by atomic mass is 10.2. The zero-order valence-corrected chi connectivity index (χ0v) is 13.8. The maximum absolute atomic E-state index is 13.7. The van der Waals surface area contributed by atoms with Gasteiger partial charge in [-0.15, -0.1) is 0 Å². The number of guanidine groups is 1. The minimum Gasteiger partial charge on any atom is -0.494 e. The van der Waals surface area contributed by atoms with Crippen LogP contribution < -0.4 is 15.4 Å². The molecule has 0 aliphatic carbocycles. The molecular weight excluding hydrogens is 312 g/mol. The highest BCUT2D eigenvalue weighted by molar-refractivity contribution is 5.79. The molecule has 6 heteroatoms. The van der Waals surface area contributed by atoms with Crippen LogP contribution in [0.15, 0.2) is 47.5 Å². The first-order valence-electron chi connectivity index (χ1n) is 7.71. The topological polar surface area (TPSA) is 45.7 Å². The number of halogens is 2. The Balaban J connectivity index is 2.00. The molecule has 24 heavy (non-hydrogen) atoms. The molecule has 0 heterocycles. The van der Waals surface area contributed by atoms with Crippen molar-refractivity contribution in [2.45, 2.75) is 20.0 Å². The van der Waals surface area contributed by atoms with E-state index in [4.69, 9.17) is 4.74 Å². The molecule has 2 N–H and O–H groups in total. The third kappa shape index (κ3) is 5.22. The van der Waals surface area contributed by atoms with Gasteiger partial charge in [0.2, 0.25) is 0 Å². The lowest BCUT2D eigenvalue weighted by Crippen LogP contribution is -2.36. The van der Waals surface area contributed by atoms with Crippen molar-refractivity contribution in [1.82, 2.24) is 10.6 Å². The fraction of sp³-hybridized carbons (Fsp3) is 0.278. The van der Waals surface area contributed by atoms with Crippen LogP contribution in [0.2, 0.25) is 0 Å². The third-order valence-electron chi connectivity index (χ3n) is 3.33. The number of hydrogen-bond acceptors (Lipinski definition) is 2. The number of benzene rings is 2. The van der Waals surface area contributed by atoms with E-state index in [1.165, 1.54) is 25.3 Å². The van der Waals surface area contributed by atoms with Crippen molar-refractivity contribution in [3.8, 4) is 5.75 Å². The van der Waals surface area contributed by atoms with E-state index in [-0.39, 0.29) is 11.6 Å². The van der Waals surface area contributed by atoms with Gasteiger partial charge in [-0.1, -0.05) is 18.2 Å². The molecule has 2 aromatic carbocycles. The summed E-state index contributed by atoms with van der Waals surface area (Å²) in [6.45, 7) is 3.40. The van der Waals surface area contributed by atoms with Gasteiger partial charge in [-0.25, -0.2) is 13.8 Å². The molecule has 4 nitrogen and oxygen atoms in total. The summed E-state index contributed by atoms with van der Waals surface area (Å²) >= 11 is 0. The summed E-state index contributed by atoms with van der Waals surface area (Å²) in [5.74, 6) is 0.108. The van der Waals surface area contributed by atoms with Crippen molar-refractivity contribution >= 4 is 5.96 Å². The van der Waals surface area contributed by atoms with Crippen molar-refractivity contribution < 1.29 is 13.5 Å². The first-order valence-corrected chi connectivity index (χ1v) is 7.71. The molecule has 0 saturated heterocycles. The Hall–Kier alpha value is -2.63. The normalized spacial score (nSPS) is 11.2. The van der Waals surface area contributed by atoms with Crippen LogP contribution in [0.1, 0.15) is 18.1 Å². The number of ether oxygens (including phenoxy) is 1. The van der Waals surface area contributed by atoms with Crippen LogP contribution in [0.4, 0.5) is 8.78 Å². The van der Waals surface area contributed by atoms with Crippen molar-refractivity contribution in [3.63, 3.8) is 0 Å². The van der Waals surface area contributed by atoms with Crippen molar-refractivity contribution in [2.75, 3.05) is 13.7 Å². The molecule has 0 fully saturated rings. The molecule has 0 radical (unpaired) electrons. The minimum atomic E-state index is -0.404. The van der Waals surface area contributed by atoms with Gasteiger partial charge in [-0.05, 0) is 42.3 Å². The van der Waals surface area contributed by atoms with Gasteiger partial charge in [-0.2, -0.15) is 0 Å². The van der Waals surface area contributed by atoms with Gasteiger partial charge < -0.3 is 15.4 Å². The fourth-order valence-electron chi connectivity index (χ4n) is 2.15. The molecule has 0 aliphatic heterocycles. The van der Waals surface area contributed by atoms with Crippen LogP contribution in [0.5, 0.6) is 5.75 Å². The van der Waals surface area contributed by atoms with E-state index in [0.717, 1.165) is 11.1 Å². The Morgan fingerprint density at radius 2 is 1.92 bits per heavy atom. The van der Waals surface area contributed by atoms with E-state index in [0.29, 0.717) is 25.6 Å². The average molecular weight is 333 g/mol. The monoisotopic (exact) mass is 333 g/mol. The molecule has 2 aromatic rings. The van der Waals surface area contributed by atoms with Crippen molar-refractivity contribution in [1.29, 1.82) is 0 Å². The van der Waals surface area contributed by atoms with Crippen LogP contribution in [0.25, 0.3) is 0 Å². The van der Waals surface area contributed by atoms with Crippen molar-refractivity contribution in [3.05, 3.63) is 65.2 Å². The lowest BCUT2D eigenvalue weighted by Gasteiger charge is -2.12. The SMILES string of the molecule is CCNC(=NCc1cccc(F)c1)NCc1ccc(OC)c(F)c1. The van der Waals surface area contributed by atoms with E-state index >= 15 is 0 Å². The molecule has 0 atom stereocenters. The standard InChI is InChI=1S/C18H21F2N3O/c1-3-21-18(22-11-13-5-4-6-15(19)9-13)23-12-14-7-8-17(24-2)16(20)10-14/h4-10H,3,11-12H2,1-2H3,(H2,21,22,23). The molecular formula is C18H21F2N3O. The smallest absolute Gasteiger partial charge is 0.191 e. The summed E-state index contributed by atoms with van der Waals surface area (Å²) in [5, 5.41) is 6.23. The molecule has 0 spiro atoms. The Bertz CT molecular complexity index is 704. The van der Waals surface area contributed by atoms with Crippen LogP contribution in [0, 0.1) is 11.6 Å². The van der Waals surface area contributed by atoms with Gasteiger partial charge in [0, 0.05) is 13.1 Å². The van der Waals surface area contributed by atoms with Crippen molar-refractivity contribution in [2.24, 2.45) is 4.99 Å². The van der Waals surface area contributed by atoms with Crippen LogP contribution >= 0.6 is 0 Å². The summed E-state index contributed by atoms with van der Waals surface area (Å²) in [7, 11) is 1.43. The quantitative estimate of drug-likeness (QED) is 0.630. The first kappa shape index (κ1) is 17.7. The summed E-state index contributed by atoms with van der Waals surface area (Å²) < 4.78 is 31.8. The molecule has 0 bridgehead atoms. The second-order valence-electron chi connectivity index (χ2n) is 5.15. The fourth-order valence-corrected chi connectivity index (χ4v) is 2.15. The maximum atomic E-state index is 13.7. The largest absolute Gasteiger partial charge is 0.494 e. The third-order valence-corrected chi connectivity index (χ3v) is 3.33. The molecule has 0 aromatic heterocycles. The summed E-state index contributed by atoms with van der Waals surface area (Å²) in [6, 6.07) is 11.1.